The molecule has 0 radical (unpaired) electrons. The maximum atomic E-state index is 13.1. The number of nitrogens with zero attached hydrogens (tertiary/aromatic N) is 5. The molecule has 0 bridgehead atoms. The Morgan fingerprint density at radius 2 is 1.89 bits per heavy atom. The van der Waals surface area contributed by atoms with E-state index in [1.807, 2.05) is 60.3 Å². The molecule has 2 aliphatic rings. The van der Waals surface area contributed by atoms with Gasteiger partial charge >= 0.3 is 5.97 Å². The van der Waals surface area contributed by atoms with Gasteiger partial charge in [-0.25, -0.2) is 9.78 Å². The molecule has 0 saturated carbocycles. The number of carboxylic acids is 1. The van der Waals surface area contributed by atoms with Gasteiger partial charge in [-0.2, -0.15) is 5.10 Å². The molecule has 2 aromatic carbocycles. The predicted molar refractivity (Wildman–Crippen MR) is 134 cm³/mol. The quantitative estimate of drug-likeness (QED) is 0.457. The maximum Gasteiger partial charge on any atom is 0.358 e. The topological polar surface area (TPSA) is 128 Å². The molecule has 0 saturated heterocycles. The van der Waals surface area contributed by atoms with Crippen molar-refractivity contribution in [3.8, 4) is 0 Å². The average molecular weight is 494 g/mol. The summed E-state index contributed by atoms with van der Waals surface area (Å²) in [5, 5.41) is 23.0. The lowest BCUT2D eigenvalue weighted by Gasteiger charge is -2.26. The molecule has 9 nitrogen and oxygen atoms in total. The molecule has 0 spiro atoms. The smallest absolute Gasteiger partial charge is 0.358 e. The van der Waals surface area contributed by atoms with Gasteiger partial charge in [0, 0.05) is 36.3 Å². The van der Waals surface area contributed by atoms with E-state index < -0.39 is 5.97 Å². The van der Waals surface area contributed by atoms with Crippen LogP contribution in [-0.2, 0) is 11.3 Å². The molecule has 9 heteroatoms. The Bertz CT molecular complexity index is 1720. The summed E-state index contributed by atoms with van der Waals surface area (Å²) >= 11 is 0. The zero-order chi connectivity index (χ0) is 25.9. The summed E-state index contributed by atoms with van der Waals surface area (Å²) in [4.78, 5) is 39.7. The minimum Gasteiger partial charge on any atom is -0.476 e. The van der Waals surface area contributed by atoms with Crippen LogP contribution in [0.3, 0.4) is 0 Å². The van der Waals surface area contributed by atoms with E-state index in [2.05, 4.69) is 26.3 Å². The average Bonchev–Trinajstić information content (AvgIpc) is 3.43. The Kier molecular flexibility index (Phi) is 6.51. The third-order valence-corrected chi connectivity index (χ3v) is 6.54. The van der Waals surface area contributed by atoms with Gasteiger partial charge in [0.25, 0.3) is 0 Å². The fourth-order valence-corrected chi connectivity index (χ4v) is 4.87. The Labute approximate surface area is 211 Å². The van der Waals surface area contributed by atoms with Crippen molar-refractivity contribution in [1.29, 1.82) is 0 Å². The Morgan fingerprint density at radius 3 is 2.59 bits per heavy atom. The van der Waals surface area contributed by atoms with Crippen LogP contribution in [0.5, 0.6) is 0 Å². The first-order chi connectivity index (χ1) is 17.9. The summed E-state index contributed by atoms with van der Waals surface area (Å²) < 4.78 is 1.84. The summed E-state index contributed by atoms with van der Waals surface area (Å²) in [6.45, 7) is 2.59. The highest BCUT2D eigenvalue weighted by molar-refractivity contribution is 6.19. The molecule has 2 heterocycles. The van der Waals surface area contributed by atoms with E-state index in [4.69, 9.17) is 5.11 Å². The molecule has 2 atom stereocenters. The third kappa shape index (κ3) is 4.71. The molecular formula is C28H23N5O4. The summed E-state index contributed by atoms with van der Waals surface area (Å²) in [6.07, 6.45) is 10.3. The molecule has 0 amide bonds. The van der Waals surface area contributed by atoms with E-state index in [-0.39, 0.29) is 29.1 Å². The second-order valence-corrected chi connectivity index (χ2v) is 8.85. The number of Topliss-reactive ketones (excluding diaryl/α,β-unsaturated/α-hetero) is 2. The molecule has 2 aromatic heterocycles. The van der Waals surface area contributed by atoms with Gasteiger partial charge < -0.3 is 5.11 Å². The molecule has 4 aromatic rings. The minimum absolute atomic E-state index is 0.00890. The van der Waals surface area contributed by atoms with Gasteiger partial charge in [-0.15, -0.1) is 10.2 Å². The van der Waals surface area contributed by atoms with Crippen LogP contribution < -0.4 is 10.4 Å². The largest absolute Gasteiger partial charge is 0.476 e. The van der Waals surface area contributed by atoms with Crippen LogP contribution >= 0.6 is 0 Å². The van der Waals surface area contributed by atoms with E-state index in [0.29, 0.717) is 18.5 Å². The van der Waals surface area contributed by atoms with E-state index >= 15 is 0 Å². The molecule has 184 valence electrons. The normalized spacial score (nSPS) is 17.2. The van der Waals surface area contributed by atoms with Crippen molar-refractivity contribution in [3.05, 3.63) is 105 Å². The zero-order valence-corrected chi connectivity index (χ0v) is 20.0. The predicted octanol–water partition coefficient (Wildman–Crippen LogP) is 1.89. The van der Waals surface area contributed by atoms with Crippen LogP contribution in [0.4, 0.5) is 0 Å². The highest BCUT2D eigenvalue weighted by atomic mass is 16.4. The van der Waals surface area contributed by atoms with Crippen molar-refractivity contribution in [2.75, 3.05) is 0 Å². The highest BCUT2D eigenvalue weighted by Gasteiger charge is 2.32. The number of ketones is 2. The van der Waals surface area contributed by atoms with Gasteiger partial charge in [0.15, 0.2) is 11.5 Å². The maximum absolute atomic E-state index is 13.1. The minimum atomic E-state index is -1.12. The first-order valence-electron chi connectivity index (χ1n) is 11.8. The van der Waals surface area contributed by atoms with Gasteiger partial charge in [0.1, 0.15) is 12.1 Å². The lowest BCUT2D eigenvalue weighted by atomic mass is 9.76. The summed E-state index contributed by atoms with van der Waals surface area (Å²) in [5.41, 5.74) is 1.44. The lowest BCUT2D eigenvalue weighted by Crippen LogP contribution is -2.34. The summed E-state index contributed by atoms with van der Waals surface area (Å²) in [5.74, 6) is -1.39. The van der Waals surface area contributed by atoms with Crippen molar-refractivity contribution in [2.24, 2.45) is 5.92 Å². The fraction of sp³-hybridized carbons (Fsp3) is 0.179. The first-order valence-corrected chi connectivity index (χ1v) is 11.8. The molecule has 0 fully saturated rings. The van der Waals surface area contributed by atoms with Crippen molar-refractivity contribution in [1.82, 2.24) is 25.0 Å². The van der Waals surface area contributed by atoms with Crippen LogP contribution in [0.1, 0.15) is 45.7 Å². The van der Waals surface area contributed by atoms with Crippen molar-refractivity contribution >= 4 is 29.7 Å². The number of carbonyl (C=O) groups excluding carboxylic acids is 2. The lowest BCUT2D eigenvalue weighted by molar-refractivity contribution is -0.122. The van der Waals surface area contributed by atoms with Crippen LogP contribution in [0.15, 0.2) is 67.4 Å². The molecule has 2 unspecified atom stereocenters. The number of carbonyl (C=O) groups is 3. The van der Waals surface area contributed by atoms with E-state index in [1.165, 1.54) is 6.33 Å². The molecule has 2 aliphatic carbocycles. The van der Waals surface area contributed by atoms with Crippen LogP contribution in [0.25, 0.3) is 12.2 Å². The van der Waals surface area contributed by atoms with Crippen LogP contribution in [-0.4, -0.2) is 47.6 Å². The number of rotatable bonds is 4. The number of aromatic nitrogens is 5. The third-order valence-electron chi connectivity index (χ3n) is 6.54. The van der Waals surface area contributed by atoms with Gasteiger partial charge in [0.05, 0.1) is 6.20 Å². The van der Waals surface area contributed by atoms with Crippen LogP contribution in [0, 0.1) is 16.4 Å². The van der Waals surface area contributed by atoms with Crippen LogP contribution in [0.2, 0.25) is 0 Å². The molecule has 1 N–H and O–H groups in total. The highest BCUT2D eigenvalue weighted by Crippen LogP contribution is 2.30. The molecule has 0 aliphatic heterocycles. The van der Waals surface area contributed by atoms with Crippen molar-refractivity contribution < 1.29 is 19.5 Å². The Hall–Kier alpha value is -4.79. The Morgan fingerprint density at radius 1 is 1.05 bits per heavy atom. The number of aryl methyl sites for hydroxylation is 1. The van der Waals surface area contributed by atoms with Gasteiger partial charge in [-0.1, -0.05) is 49.4 Å². The van der Waals surface area contributed by atoms with Gasteiger partial charge in [-0.3, -0.25) is 14.3 Å². The number of carboxylic acid groups (broad SMARTS) is 1. The van der Waals surface area contributed by atoms with Gasteiger partial charge in [0.2, 0.25) is 0 Å². The number of hydrogen-bond donors (Lipinski definition) is 1. The van der Waals surface area contributed by atoms with E-state index in [9.17, 15) is 14.4 Å². The van der Waals surface area contributed by atoms with E-state index in [1.54, 1.807) is 12.3 Å². The summed E-state index contributed by atoms with van der Waals surface area (Å²) in [6, 6.07) is 13.9. The zero-order valence-electron chi connectivity index (χ0n) is 20.0. The first kappa shape index (κ1) is 23.9. The second-order valence-electron chi connectivity index (χ2n) is 8.85. The van der Waals surface area contributed by atoms with E-state index in [0.717, 1.165) is 32.6 Å². The number of aromatic carboxylic acids is 1. The number of hydrogen-bond acceptors (Lipinski definition) is 7. The van der Waals surface area contributed by atoms with Gasteiger partial charge in [-0.05, 0) is 45.0 Å². The molecule has 6 rings (SSSR count). The van der Waals surface area contributed by atoms with Crippen molar-refractivity contribution in [3.63, 3.8) is 0 Å². The number of benzene rings is 2. The Balaban J connectivity index is 0.000000265. The molecule has 37 heavy (non-hydrogen) atoms. The monoisotopic (exact) mass is 493 g/mol. The second kappa shape index (κ2) is 10.1. The fourth-order valence-electron chi connectivity index (χ4n) is 4.87. The number of fused-ring (bicyclic) bond motifs is 4. The SMILES string of the molecule is CC1C=c2ccc3c(c2C(CCn2cccn2)C1=O)C(=O)C=c1ccccc1=3.O=C(O)c1cncnn1. The summed E-state index contributed by atoms with van der Waals surface area (Å²) in [7, 11) is 0. The van der Waals surface area contributed by atoms with Crippen molar-refractivity contribution in [2.45, 2.75) is 25.8 Å². The molecular weight excluding hydrogens is 470 g/mol. The standard InChI is InChI=1S/C24H20N2O2.C4H3N3O2/c1-15-13-17-7-8-19-18-6-3-2-5-16(18)14-21(27)23(19)22(17)20(24(15)28)9-12-26-11-4-10-25-26;8-4(9)3-1-5-2-6-7-3/h2-8,10-11,13-15,20H,9,12H2,1H3;1-2H,(H,8,9).